The molecule has 0 aliphatic rings. The van der Waals surface area contributed by atoms with Gasteiger partial charge in [0, 0.05) is 10.2 Å². The number of aromatic nitrogens is 1. The highest BCUT2D eigenvalue weighted by Gasteiger charge is 2.08. The standard InChI is InChI=1S/C14H14BrN3O/c1-9-3-2-4-12(14(9)15)18-13(19)7-11-6-5-10(16)8-17-11/h2-6,8H,7,16H2,1H3,(H,18,19). The molecule has 19 heavy (non-hydrogen) atoms. The van der Waals surface area contributed by atoms with Crippen LogP contribution in [0.3, 0.4) is 0 Å². The predicted molar refractivity (Wildman–Crippen MR) is 79.9 cm³/mol. The minimum Gasteiger partial charge on any atom is -0.397 e. The maximum absolute atomic E-state index is 11.9. The molecule has 98 valence electrons. The number of rotatable bonds is 3. The van der Waals surface area contributed by atoms with Gasteiger partial charge >= 0.3 is 0 Å². The van der Waals surface area contributed by atoms with Gasteiger partial charge in [0.1, 0.15) is 0 Å². The van der Waals surface area contributed by atoms with Crippen LogP contribution in [0, 0.1) is 6.92 Å². The number of nitrogen functional groups attached to an aromatic ring is 1. The lowest BCUT2D eigenvalue weighted by molar-refractivity contribution is -0.115. The van der Waals surface area contributed by atoms with Crippen molar-refractivity contribution in [2.75, 3.05) is 11.1 Å². The van der Waals surface area contributed by atoms with Gasteiger partial charge in [0.15, 0.2) is 0 Å². The summed E-state index contributed by atoms with van der Waals surface area (Å²) >= 11 is 3.46. The Labute approximate surface area is 120 Å². The zero-order valence-electron chi connectivity index (χ0n) is 10.5. The summed E-state index contributed by atoms with van der Waals surface area (Å²) in [6.45, 7) is 1.97. The van der Waals surface area contributed by atoms with E-state index in [1.165, 1.54) is 0 Å². The molecule has 2 aromatic rings. The fraction of sp³-hybridized carbons (Fsp3) is 0.143. The maximum Gasteiger partial charge on any atom is 0.230 e. The molecule has 0 aliphatic heterocycles. The number of amides is 1. The SMILES string of the molecule is Cc1cccc(NC(=O)Cc2ccc(N)cn2)c1Br. The third-order valence-corrected chi connectivity index (χ3v) is 3.71. The van der Waals surface area contributed by atoms with Crippen molar-refractivity contribution < 1.29 is 4.79 Å². The number of benzene rings is 1. The number of carbonyl (C=O) groups is 1. The number of nitrogens with two attached hydrogens (primary N) is 1. The molecule has 1 amide bonds. The lowest BCUT2D eigenvalue weighted by atomic mass is 10.2. The fourth-order valence-electron chi connectivity index (χ4n) is 1.64. The maximum atomic E-state index is 11.9. The molecule has 3 N–H and O–H groups in total. The molecule has 0 aliphatic carbocycles. The first kappa shape index (κ1) is 13.5. The van der Waals surface area contributed by atoms with Gasteiger partial charge in [0.05, 0.1) is 24.0 Å². The highest BCUT2D eigenvalue weighted by Crippen LogP contribution is 2.25. The van der Waals surface area contributed by atoms with Crippen LogP contribution in [0.4, 0.5) is 11.4 Å². The highest BCUT2D eigenvalue weighted by atomic mass is 79.9. The van der Waals surface area contributed by atoms with Crippen molar-refractivity contribution in [3.63, 3.8) is 0 Å². The van der Waals surface area contributed by atoms with E-state index in [-0.39, 0.29) is 12.3 Å². The first-order valence-corrected chi connectivity index (χ1v) is 6.61. The Bertz CT molecular complexity index is 596. The van der Waals surface area contributed by atoms with E-state index < -0.39 is 0 Å². The molecule has 2 rings (SSSR count). The molecular formula is C14H14BrN3O. The quantitative estimate of drug-likeness (QED) is 0.914. The smallest absolute Gasteiger partial charge is 0.230 e. The molecule has 0 radical (unpaired) electrons. The van der Waals surface area contributed by atoms with Crippen LogP contribution in [0.5, 0.6) is 0 Å². The van der Waals surface area contributed by atoms with Crippen LogP contribution in [0.1, 0.15) is 11.3 Å². The van der Waals surface area contributed by atoms with E-state index in [0.29, 0.717) is 11.4 Å². The summed E-state index contributed by atoms with van der Waals surface area (Å²) in [5, 5.41) is 2.86. The Morgan fingerprint density at radius 2 is 2.16 bits per heavy atom. The van der Waals surface area contributed by atoms with Gasteiger partial charge in [-0.15, -0.1) is 0 Å². The molecule has 0 atom stereocenters. The first-order valence-electron chi connectivity index (χ1n) is 5.81. The molecule has 0 bridgehead atoms. The second kappa shape index (κ2) is 5.84. The Kier molecular flexibility index (Phi) is 4.16. The van der Waals surface area contributed by atoms with Crippen molar-refractivity contribution in [2.45, 2.75) is 13.3 Å². The molecular weight excluding hydrogens is 306 g/mol. The van der Waals surface area contributed by atoms with Crippen LogP contribution in [-0.4, -0.2) is 10.9 Å². The Balaban J connectivity index is 2.05. The van der Waals surface area contributed by atoms with E-state index in [2.05, 4.69) is 26.2 Å². The van der Waals surface area contributed by atoms with E-state index in [1.807, 2.05) is 25.1 Å². The molecule has 0 fully saturated rings. The van der Waals surface area contributed by atoms with Gasteiger partial charge in [-0.05, 0) is 46.6 Å². The van der Waals surface area contributed by atoms with Crippen molar-refractivity contribution in [3.8, 4) is 0 Å². The summed E-state index contributed by atoms with van der Waals surface area (Å²) in [7, 11) is 0. The molecule has 0 saturated heterocycles. The zero-order valence-corrected chi connectivity index (χ0v) is 12.1. The number of aryl methyl sites for hydroxylation is 1. The monoisotopic (exact) mass is 319 g/mol. The van der Waals surface area contributed by atoms with E-state index in [1.54, 1.807) is 18.3 Å². The van der Waals surface area contributed by atoms with E-state index >= 15 is 0 Å². The van der Waals surface area contributed by atoms with Gasteiger partial charge in [0.25, 0.3) is 0 Å². The van der Waals surface area contributed by atoms with Gasteiger partial charge in [-0.25, -0.2) is 0 Å². The predicted octanol–water partition coefficient (Wildman–Crippen LogP) is 2.92. The Morgan fingerprint density at radius 3 is 2.84 bits per heavy atom. The normalized spacial score (nSPS) is 10.2. The van der Waals surface area contributed by atoms with Gasteiger partial charge < -0.3 is 11.1 Å². The van der Waals surface area contributed by atoms with Crippen LogP contribution in [0.25, 0.3) is 0 Å². The third kappa shape index (κ3) is 3.54. The first-order chi connectivity index (χ1) is 9.06. The molecule has 1 aromatic heterocycles. The zero-order chi connectivity index (χ0) is 13.8. The number of halogens is 1. The molecule has 0 saturated carbocycles. The van der Waals surface area contributed by atoms with Crippen LogP contribution in [-0.2, 0) is 11.2 Å². The minimum atomic E-state index is -0.108. The molecule has 1 aromatic carbocycles. The van der Waals surface area contributed by atoms with Crippen LogP contribution < -0.4 is 11.1 Å². The largest absolute Gasteiger partial charge is 0.397 e. The summed E-state index contributed by atoms with van der Waals surface area (Å²) in [6.07, 6.45) is 1.77. The van der Waals surface area contributed by atoms with E-state index in [0.717, 1.165) is 15.7 Å². The number of anilines is 2. The number of hydrogen-bond acceptors (Lipinski definition) is 3. The van der Waals surface area contributed by atoms with Gasteiger partial charge in [-0.2, -0.15) is 0 Å². The second-order valence-electron chi connectivity index (χ2n) is 4.24. The summed E-state index contributed by atoms with van der Waals surface area (Å²) in [5.74, 6) is -0.108. The van der Waals surface area contributed by atoms with Crippen molar-refractivity contribution in [2.24, 2.45) is 0 Å². The van der Waals surface area contributed by atoms with Crippen LogP contribution in [0.15, 0.2) is 41.0 Å². The summed E-state index contributed by atoms with van der Waals surface area (Å²) < 4.78 is 0.897. The van der Waals surface area contributed by atoms with Crippen molar-refractivity contribution in [1.29, 1.82) is 0 Å². The average Bonchev–Trinajstić information content (AvgIpc) is 2.38. The van der Waals surface area contributed by atoms with Crippen molar-refractivity contribution >= 4 is 33.2 Å². The van der Waals surface area contributed by atoms with Gasteiger partial charge in [0.2, 0.25) is 5.91 Å². The molecule has 0 unspecified atom stereocenters. The number of nitrogens with zero attached hydrogens (tertiary/aromatic N) is 1. The molecule has 1 heterocycles. The molecule has 0 spiro atoms. The highest BCUT2D eigenvalue weighted by molar-refractivity contribution is 9.10. The van der Waals surface area contributed by atoms with Crippen molar-refractivity contribution in [1.82, 2.24) is 4.98 Å². The lowest BCUT2D eigenvalue weighted by Gasteiger charge is -2.09. The number of nitrogens with one attached hydrogen (secondary N) is 1. The second-order valence-corrected chi connectivity index (χ2v) is 5.04. The topological polar surface area (TPSA) is 68.0 Å². The molecule has 5 heteroatoms. The Hall–Kier alpha value is -1.88. The van der Waals surface area contributed by atoms with Crippen LogP contribution in [0.2, 0.25) is 0 Å². The van der Waals surface area contributed by atoms with Crippen LogP contribution >= 0.6 is 15.9 Å². The Morgan fingerprint density at radius 1 is 1.37 bits per heavy atom. The lowest BCUT2D eigenvalue weighted by Crippen LogP contribution is -2.15. The molecule has 4 nitrogen and oxygen atoms in total. The summed E-state index contributed by atoms with van der Waals surface area (Å²) in [4.78, 5) is 16.0. The van der Waals surface area contributed by atoms with Gasteiger partial charge in [-0.3, -0.25) is 9.78 Å². The minimum absolute atomic E-state index is 0.108. The number of pyridine rings is 1. The van der Waals surface area contributed by atoms with Gasteiger partial charge in [-0.1, -0.05) is 12.1 Å². The van der Waals surface area contributed by atoms with E-state index in [4.69, 9.17) is 5.73 Å². The third-order valence-electron chi connectivity index (χ3n) is 2.66. The summed E-state index contributed by atoms with van der Waals surface area (Å²) in [6, 6.07) is 9.21. The van der Waals surface area contributed by atoms with E-state index in [9.17, 15) is 4.79 Å². The summed E-state index contributed by atoms with van der Waals surface area (Å²) in [5.41, 5.74) is 8.66. The fourth-order valence-corrected chi connectivity index (χ4v) is 2.01. The van der Waals surface area contributed by atoms with Crippen molar-refractivity contribution in [3.05, 3.63) is 52.3 Å². The number of carbonyl (C=O) groups excluding carboxylic acids is 1. The number of hydrogen-bond donors (Lipinski definition) is 2. The average molecular weight is 320 g/mol.